The highest BCUT2D eigenvalue weighted by molar-refractivity contribution is 7.99. The number of hydrogen-bond acceptors (Lipinski definition) is 4. The zero-order valence-corrected chi connectivity index (χ0v) is 13.2. The molecule has 2 N–H and O–H groups in total. The van der Waals surface area contributed by atoms with Crippen LogP contribution in [0, 0.1) is 0 Å². The van der Waals surface area contributed by atoms with E-state index in [0.717, 1.165) is 26.5 Å². The predicted octanol–water partition coefficient (Wildman–Crippen LogP) is 3.64. The third-order valence-corrected chi connectivity index (χ3v) is 4.25. The van der Waals surface area contributed by atoms with Crippen molar-refractivity contribution in [2.24, 2.45) is 18.0 Å². The summed E-state index contributed by atoms with van der Waals surface area (Å²) in [7, 11) is 1.96. The second kappa shape index (κ2) is 6.33. The molecule has 1 aromatic heterocycles. The molecule has 20 heavy (non-hydrogen) atoms. The van der Waals surface area contributed by atoms with Crippen molar-refractivity contribution in [3.8, 4) is 0 Å². The van der Waals surface area contributed by atoms with Crippen molar-refractivity contribution in [1.29, 1.82) is 0 Å². The Balaban J connectivity index is 2.44. The fraction of sp³-hybridized carbons (Fsp3) is 0.286. The van der Waals surface area contributed by atoms with Gasteiger partial charge in [0.05, 0.1) is 11.9 Å². The molecule has 0 fully saturated rings. The molecule has 0 spiro atoms. The number of hydrazone groups is 1. The maximum absolute atomic E-state index is 6.03. The molecule has 0 aliphatic carbocycles. The van der Waals surface area contributed by atoms with Gasteiger partial charge in [0, 0.05) is 17.0 Å². The summed E-state index contributed by atoms with van der Waals surface area (Å²) in [5.41, 5.74) is 1.03. The van der Waals surface area contributed by atoms with Gasteiger partial charge in [0.2, 0.25) is 0 Å². The molecule has 0 aliphatic rings. The van der Waals surface area contributed by atoms with Gasteiger partial charge in [0.25, 0.3) is 0 Å². The van der Waals surface area contributed by atoms with Crippen LogP contribution in [0.5, 0.6) is 0 Å². The van der Waals surface area contributed by atoms with E-state index in [1.807, 2.05) is 35.9 Å². The van der Waals surface area contributed by atoms with Gasteiger partial charge in [-0.15, -0.1) is 0 Å². The Hall–Kier alpha value is -1.46. The van der Waals surface area contributed by atoms with E-state index in [2.05, 4.69) is 23.9 Å². The number of hydrogen-bond donors (Lipinski definition) is 1. The molecule has 0 bridgehead atoms. The molecule has 0 saturated heterocycles. The van der Waals surface area contributed by atoms with Gasteiger partial charge in [0.15, 0.2) is 5.82 Å². The second-order valence-electron chi connectivity index (χ2n) is 4.71. The summed E-state index contributed by atoms with van der Waals surface area (Å²) >= 11 is 7.68. The number of aromatic nitrogens is 2. The minimum atomic E-state index is 0.322. The van der Waals surface area contributed by atoms with E-state index in [4.69, 9.17) is 17.4 Å². The number of nitrogens with zero attached hydrogens (tertiary/aromatic N) is 3. The van der Waals surface area contributed by atoms with Crippen LogP contribution >= 0.6 is 23.4 Å². The maximum Gasteiger partial charge on any atom is 0.153 e. The first kappa shape index (κ1) is 14.9. The number of imidazole rings is 1. The summed E-state index contributed by atoms with van der Waals surface area (Å²) in [5, 5.41) is 5.37. The second-order valence-corrected chi connectivity index (χ2v) is 6.21. The van der Waals surface area contributed by atoms with Crippen LogP contribution < -0.4 is 5.84 Å². The van der Waals surface area contributed by atoms with Gasteiger partial charge in [-0.2, -0.15) is 5.10 Å². The number of nitrogens with two attached hydrogens (primary N) is 1. The van der Waals surface area contributed by atoms with E-state index in [1.165, 1.54) is 0 Å². The number of rotatable bonds is 4. The largest absolute Gasteiger partial charge is 0.323 e. The number of benzene rings is 1. The van der Waals surface area contributed by atoms with Crippen LogP contribution in [-0.2, 0) is 7.05 Å². The Labute approximate surface area is 128 Å². The quantitative estimate of drug-likeness (QED) is 0.533. The van der Waals surface area contributed by atoms with Gasteiger partial charge in [-0.05, 0) is 24.1 Å². The topological polar surface area (TPSA) is 56.2 Å². The van der Waals surface area contributed by atoms with E-state index in [-0.39, 0.29) is 0 Å². The number of halogens is 1. The van der Waals surface area contributed by atoms with Crippen molar-refractivity contribution in [1.82, 2.24) is 9.55 Å². The Morgan fingerprint density at radius 1 is 1.45 bits per heavy atom. The summed E-state index contributed by atoms with van der Waals surface area (Å²) in [6.07, 6.45) is 1.56. The Kier molecular flexibility index (Phi) is 4.73. The molecule has 2 aromatic rings. The SMILES string of the molecule is CC(C)c1nc(C=NN)n(C)c1Sc1cccc(Cl)c1. The first-order chi connectivity index (χ1) is 9.52. The molecule has 2 rings (SSSR count). The Bertz CT molecular complexity index is 634. The van der Waals surface area contributed by atoms with Crippen molar-refractivity contribution < 1.29 is 0 Å². The van der Waals surface area contributed by atoms with Gasteiger partial charge < -0.3 is 10.4 Å². The zero-order chi connectivity index (χ0) is 14.7. The third kappa shape index (κ3) is 3.16. The highest BCUT2D eigenvalue weighted by Crippen LogP contribution is 2.34. The molecule has 1 aromatic carbocycles. The highest BCUT2D eigenvalue weighted by atomic mass is 35.5. The van der Waals surface area contributed by atoms with Crippen LogP contribution in [0.4, 0.5) is 0 Å². The van der Waals surface area contributed by atoms with Crippen LogP contribution in [-0.4, -0.2) is 15.8 Å². The monoisotopic (exact) mass is 308 g/mol. The molecule has 1 heterocycles. The standard InChI is InChI=1S/C14H17ClN4S/c1-9(2)13-14(19(3)12(18-13)8-17-16)20-11-6-4-5-10(15)7-11/h4-9H,16H2,1-3H3. The van der Waals surface area contributed by atoms with Crippen LogP contribution in [0.2, 0.25) is 5.02 Å². The van der Waals surface area contributed by atoms with Crippen LogP contribution in [0.3, 0.4) is 0 Å². The zero-order valence-electron chi connectivity index (χ0n) is 11.7. The Morgan fingerprint density at radius 3 is 2.80 bits per heavy atom. The maximum atomic E-state index is 6.03. The van der Waals surface area contributed by atoms with Crippen LogP contribution in [0.25, 0.3) is 0 Å². The smallest absolute Gasteiger partial charge is 0.153 e. The fourth-order valence-electron chi connectivity index (χ4n) is 1.84. The summed E-state index contributed by atoms with van der Waals surface area (Å²) in [6, 6.07) is 7.79. The minimum absolute atomic E-state index is 0.322. The normalized spacial score (nSPS) is 11.7. The van der Waals surface area contributed by atoms with Gasteiger partial charge in [0.1, 0.15) is 5.03 Å². The van der Waals surface area contributed by atoms with E-state index < -0.39 is 0 Å². The van der Waals surface area contributed by atoms with Crippen molar-refractivity contribution in [3.05, 3.63) is 40.8 Å². The summed E-state index contributed by atoms with van der Waals surface area (Å²) < 4.78 is 2.00. The van der Waals surface area contributed by atoms with Gasteiger partial charge in [-0.3, -0.25) is 0 Å². The molecular formula is C14H17ClN4S. The fourth-order valence-corrected chi connectivity index (χ4v) is 3.27. The molecule has 0 saturated carbocycles. The minimum Gasteiger partial charge on any atom is -0.323 e. The predicted molar refractivity (Wildman–Crippen MR) is 84.7 cm³/mol. The molecule has 0 unspecified atom stereocenters. The molecule has 6 heteroatoms. The van der Waals surface area contributed by atoms with Gasteiger partial charge >= 0.3 is 0 Å². The van der Waals surface area contributed by atoms with Gasteiger partial charge in [-0.25, -0.2) is 4.98 Å². The van der Waals surface area contributed by atoms with E-state index in [1.54, 1.807) is 18.0 Å². The highest BCUT2D eigenvalue weighted by Gasteiger charge is 2.17. The van der Waals surface area contributed by atoms with Gasteiger partial charge in [-0.1, -0.05) is 43.3 Å². The molecule has 0 atom stereocenters. The summed E-state index contributed by atoms with van der Waals surface area (Å²) in [5.74, 6) is 6.30. The molecular weight excluding hydrogens is 292 g/mol. The van der Waals surface area contributed by atoms with Crippen molar-refractivity contribution in [2.45, 2.75) is 29.7 Å². The van der Waals surface area contributed by atoms with E-state index in [9.17, 15) is 0 Å². The van der Waals surface area contributed by atoms with Crippen molar-refractivity contribution in [3.63, 3.8) is 0 Å². The lowest BCUT2D eigenvalue weighted by Crippen LogP contribution is -1.99. The molecule has 0 aliphatic heterocycles. The van der Waals surface area contributed by atoms with Crippen molar-refractivity contribution in [2.75, 3.05) is 0 Å². The third-order valence-electron chi connectivity index (χ3n) is 2.85. The Morgan fingerprint density at radius 2 is 2.20 bits per heavy atom. The van der Waals surface area contributed by atoms with Crippen LogP contribution in [0.15, 0.2) is 39.3 Å². The first-order valence-electron chi connectivity index (χ1n) is 6.26. The summed E-state index contributed by atoms with van der Waals surface area (Å²) in [4.78, 5) is 5.68. The molecule has 106 valence electrons. The first-order valence-corrected chi connectivity index (χ1v) is 7.45. The average Bonchev–Trinajstić information content (AvgIpc) is 2.69. The van der Waals surface area contributed by atoms with Crippen molar-refractivity contribution >= 4 is 29.6 Å². The molecule has 0 amide bonds. The van der Waals surface area contributed by atoms with E-state index in [0.29, 0.717) is 5.92 Å². The lowest BCUT2D eigenvalue weighted by atomic mass is 10.2. The van der Waals surface area contributed by atoms with E-state index >= 15 is 0 Å². The molecule has 0 radical (unpaired) electrons. The van der Waals surface area contributed by atoms with Crippen LogP contribution in [0.1, 0.15) is 31.3 Å². The lowest BCUT2D eigenvalue weighted by Gasteiger charge is -2.08. The lowest BCUT2D eigenvalue weighted by molar-refractivity contribution is 0.763. The molecule has 4 nitrogen and oxygen atoms in total. The average molecular weight is 309 g/mol. The summed E-state index contributed by atoms with van der Waals surface area (Å²) in [6.45, 7) is 4.24.